The number of hydrogen-bond acceptors (Lipinski definition) is 4. The normalized spacial score (nSPS) is 20.9. The molecule has 4 nitrogen and oxygen atoms in total. The third-order valence-corrected chi connectivity index (χ3v) is 3.12. The van der Waals surface area contributed by atoms with Crippen LogP contribution in [0.3, 0.4) is 0 Å². The predicted octanol–water partition coefficient (Wildman–Crippen LogP) is 1.45. The summed E-state index contributed by atoms with van der Waals surface area (Å²) < 4.78 is 0.900. The molecule has 1 aromatic rings. The van der Waals surface area contributed by atoms with Gasteiger partial charge in [-0.25, -0.2) is 9.97 Å². The van der Waals surface area contributed by atoms with E-state index in [1.165, 1.54) is 0 Å². The Balaban J connectivity index is 1.98. The van der Waals surface area contributed by atoms with Gasteiger partial charge in [-0.15, -0.1) is 0 Å². The van der Waals surface area contributed by atoms with Gasteiger partial charge in [-0.3, -0.25) is 0 Å². The molecule has 1 aliphatic rings. The quantitative estimate of drug-likeness (QED) is 0.904. The largest absolute Gasteiger partial charge is 0.396 e. The SMILES string of the molecule is OCC[C@H]1CCN(c2ncc(Br)cn2)C1. The van der Waals surface area contributed by atoms with E-state index in [-0.39, 0.29) is 6.61 Å². The first-order chi connectivity index (χ1) is 7.29. The summed E-state index contributed by atoms with van der Waals surface area (Å²) >= 11 is 3.31. The average molecular weight is 272 g/mol. The highest BCUT2D eigenvalue weighted by Crippen LogP contribution is 2.22. The van der Waals surface area contributed by atoms with Crippen LogP contribution in [0, 0.1) is 5.92 Å². The van der Waals surface area contributed by atoms with E-state index in [1.807, 2.05) is 0 Å². The molecule has 0 aromatic carbocycles. The first kappa shape index (κ1) is 10.8. The van der Waals surface area contributed by atoms with E-state index in [4.69, 9.17) is 5.11 Å². The molecule has 0 amide bonds. The van der Waals surface area contributed by atoms with Crippen molar-refractivity contribution in [2.75, 3.05) is 24.6 Å². The molecular formula is C10H14BrN3O. The van der Waals surface area contributed by atoms with Crippen LogP contribution < -0.4 is 4.90 Å². The Hall–Kier alpha value is -0.680. The summed E-state index contributed by atoms with van der Waals surface area (Å²) in [6.07, 6.45) is 5.54. The highest BCUT2D eigenvalue weighted by Gasteiger charge is 2.23. The van der Waals surface area contributed by atoms with Gasteiger partial charge in [-0.05, 0) is 34.7 Å². The lowest BCUT2D eigenvalue weighted by Gasteiger charge is -2.15. The van der Waals surface area contributed by atoms with Gasteiger partial charge in [0, 0.05) is 32.1 Å². The molecule has 1 saturated heterocycles. The molecule has 0 bridgehead atoms. The van der Waals surface area contributed by atoms with E-state index < -0.39 is 0 Å². The van der Waals surface area contributed by atoms with Gasteiger partial charge in [0.05, 0.1) is 4.47 Å². The van der Waals surface area contributed by atoms with E-state index in [2.05, 4.69) is 30.8 Å². The standard InChI is InChI=1S/C10H14BrN3O/c11-9-5-12-10(13-6-9)14-3-1-8(7-14)2-4-15/h5-6,8,15H,1-4,7H2/t8-/m1/s1. The predicted molar refractivity (Wildman–Crippen MR) is 61.8 cm³/mol. The molecule has 1 fully saturated rings. The van der Waals surface area contributed by atoms with Crippen molar-refractivity contribution in [2.24, 2.45) is 5.92 Å². The van der Waals surface area contributed by atoms with Crippen LogP contribution in [0.5, 0.6) is 0 Å². The highest BCUT2D eigenvalue weighted by molar-refractivity contribution is 9.10. The van der Waals surface area contributed by atoms with Crippen LogP contribution in [0.1, 0.15) is 12.8 Å². The van der Waals surface area contributed by atoms with Crippen molar-refractivity contribution in [1.82, 2.24) is 9.97 Å². The summed E-state index contributed by atoms with van der Waals surface area (Å²) in [6.45, 7) is 2.23. The van der Waals surface area contributed by atoms with Gasteiger partial charge in [0.1, 0.15) is 0 Å². The Kier molecular flexibility index (Phi) is 3.53. The van der Waals surface area contributed by atoms with Crippen molar-refractivity contribution in [2.45, 2.75) is 12.8 Å². The zero-order valence-corrected chi connectivity index (χ0v) is 10.0. The Morgan fingerprint density at radius 3 is 2.87 bits per heavy atom. The number of nitrogens with zero attached hydrogens (tertiary/aromatic N) is 3. The molecule has 1 aliphatic heterocycles. The van der Waals surface area contributed by atoms with Crippen LogP contribution in [0.15, 0.2) is 16.9 Å². The summed E-state index contributed by atoms with van der Waals surface area (Å²) in [5, 5.41) is 8.86. The molecule has 2 heterocycles. The van der Waals surface area contributed by atoms with Crippen molar-refractivity contribution in [3.8, 4) is 0 Å². The van der Waals surface area contributed by atoms with Crippen molar-refractivity contribution in [3.05, 3.63) is 16.9 Å². The first-order valence-electron chi connectivity index (χ1n) is 5.13. The van der Waals surface area contributed by atoms with E-state index >= 15 is 0 Å². The minimum atomic E-state index is 0.277. The smallest absolute Gasteiger partial charge is 0.225 e. The van der Waals surface area contributed by atoms with Gasteiger partial charge in [-0.1, -0.05) is 0 Å². The minimum absolute atomic E-state index is 0.277. The maximum Gasteiger partial charge on any atom is 0.225 e. The molecular weight excluding hydrogens is 258 g/mol. The fourth-order valence-corrected chi connectivity index (χ4v) is 2.11. The molecule has 82 valence electrons. The van der Waals surface area contributed by atoms with Crippen molar-refractivity contribution in [1.29, 1.82) is 0 Å². The fourth-order valence-electron chi connectivity index (χ4n) is 1.90. The average Bonchev–Trinajstić information content (AvgIpc) is 2.68. The van der Waals surface area contributed by atoms with Gasteiger partial charge < -0.3 is 10.0 Å². The van der Waals surface area contributed by atoms with E-state index in [1.54, 1.807) is 12.4 Å². The van der Waals surface area contributed by atoms with Crippen LogP contribution in [0.25, 0.3) is 0 Å². The van der Waals surface area contributed by atoms with Crippen molar-refractivity contribution < 1.29 is 5.11 Å². The molecule has 15 heavy (non-hydrogen) atoms. The van der Waals surface area contributed by atoms with Crippen LogP contribution in [0.4, 0.5) is 5.95 Å². The molecule has 1 aromatic heterocycles. The van der Waals surface area contributed by atoms with Crippen LogP contribution in [-0.4, -0.2) is 34.8 Å². The Morgan fingerprint density at radius 2 is 2.20 bits per heavy atom. The first-order valence-corrected chi connectivity index (χ1v) is 5.92. The van der Waals surface area contributed by atoms with Gasteiger partial charge in [0.25, 0.3) is 0 Å². The van der Waals surface area contributed by atoms with Gasteiger partial charge >= 0.3 is 0 Å². The number of hydrogen-bond donors (Lipinski definition) is 1. The molecule has 0 spiro atoms. The van der Waals surface area contributed by atoms with E-state index in [0.29, 0.717) is 5.92 Å². The molecule has 0 unspecified atom stereocenters. The zero-order chi connectivity index (χ0) is 10.7. The molecule has 1 N–H and O–H groups in total. The van der Waals surface area contributed by atoms with E-state index in [9.17, 15) is 0 Å². The van der Waals surface area contributed by atoms with Crippen LogP contribution in [0.2, 0.25) is 0 Å². The highest BCUT2D eigenvalue weighted by atomic mass is 79.9. The third-order valence-electron chi connectivity index (χ3n) is 2.71. The number of rotatable bonds is 3. The second-order valence-electron chi connectivity index (χ2n) is 3.81. The number of anilines is 1. The summed E-state index contributed by atoms with van der Waals surface area (Å²) in [5.74, 6) is 1.38. The van der Waals surface area contributed by atoms with Gasteiger partial charge in [0.15, 0.2) is 0 Å². The topological polar surface area (TPSA) is 49.2 Å². The molecule has 0 aliphatic carbocycles. The third kappa shape index (κ3) is 2.66. The fraction of sp³-hybridized carbons (Fsp3) is 0.600. The Morgan fingerprint density at radius 1 is 1.47 bits per heavy atom. The summed E-state index contributed by atoms with van der Waals surface area (Å²) in [5.41, 5.74) is 0. The van der Waals surface area contributed by atoms with E-state index in [0.717, 1.165) is 36.4 Å². The monoisotopic (exact) mass is 271 g/mol. The minimum Gasteiger partial charge on any atom is -0.396 e. The summed E-state index contributed by atoms with van der Waals surface area (Å²) in [6, 6.07) is 0. The number of halogens is 1. The molecule has 5 heteroatoms. The second-order valence-corrected chi connectivity index (χ2v) is 4.73. The second kappa shape index (κ2) is 4.90. The maximum atomic E-state index is 8.86. The number of aromatic nitrogens is 2. The number of aliphatic hydroxyl groups excluding tert-OH is 1. The lowest BCUT2D eigenvalue weighted by molar-refractivity contribution is 0.263. The van der Waals surface area contributed by atoms with Gasteiger partial charge in [-0.2, -0.15) is 0 Å². The van der Waals surface area contributed by atoms with Crippen molar-refractivity contribution in [3.63, 3.8) is 0 Å². The molecule has 0 saturated carbocycles. The lowest BCUT2D eigenvalue weighted by atomic mass is 10.1. The molecule has 1 atom stereocenters. The van der Waals surface area contributed by atoms with Gasteiger partial charge in [0.2, 0.25) is 5.95 Å². The zero-order valence-electron chi connectivity index (χ0n) is 8.43. The van der Waals surface area contributed by atoms with Crippen LogP contribution >= 0.6 is 15.9 Å². The van der Waals surface area contributed by atoms with Crippen molar-refractivity contribution >= 4 is 21.9 Å². The number of aliphatic hydroxyl groups is 1. The van der Waals surface area contributed by atoms with Crippen LogP contribution in [-0.2, 0) is 0 Å². The summed E-state index contributed by atoms with van der Waals surface area (Å²) in [7, 11) is 0. The Labute approximate surface area is 97.5 Å². The molecule has 2 rings (SSSR count). The Bertz CT molecular complexity index is 317. The summed E-state index contributed by atoms with van der Waals surface area (Å²) in [4.78, 5) is 10.7. The molecule has 0 radical (unpaired) electrons. The maximum absolute atomic E-state index is 8.86. The lowest BCUT2D eigenvalue weighted by Crippen LogP contribution is -2.22.